The quantitative estimate of drug-likeness (QED) is 0.753. The fourth-order valence-electron chi connectivity index (χ4n) is 2.60. The van der Waals surface area contributed by atoms with Gasteiger partial charge >= 0.3 is 6.03 Å². The summed E-state index contributed by atoms with van der Waals surface area (Å²) in [7, 11) is 0. The van der Waals surface area contributed by atoms with Gasteiger partial charge in [0.25, 0.3) is 0 Å². The highest BCUT2D eigenvalue weighted by molar-refractivity contribution is 5.74. The third-order valence-electron chi connectivity index (χ3n) is 4.53. The predicted octanol–water partition coefficient (Wildman–Crippen LogP) is 2.35. The maximum atomic E-state index is 13.0. The number of amides is 2. The summed E-state index contributed by atoms with van der Waals surface area (Å²) in [5.41, 5.74) is 0.847. The zero-order valence-electron chi connectivity index (χ0n) is 11.9. The second-order valence-electron chi connectivity index (χ2n) is 6.35. The Labute approximate surface area is 123 Å². The summed E-state index contributed by atoms with van der Waals surface area (Å²) in [6.45, 7) is 0.632. The molecule has 0 aliphatic heterocycles. The number of carbonyl (C=O) groups is 1. The summed E-state index contributed by atoms with van der Waals surface area (Å²) >= 11 is 0. The molecule has 5 heteroatoms. The van der Waals surface area contributed by atoms with Crippen LogP contribution in [0.5, 0.6) is 0 Å². The fourth-order valence-corrected chi connectivity index (χ4v) is 2.60. The highest BCUT2D eigenvalue weighted by atomic mass is 19.1. The van der Waals surface area contributed by atoms with Crippen LogP contribution in [0.1, 0.15) is 37.3 Å². The van der Waals surface area contributed by atoms with Gasteiger partial charge in [0.1, 0.15) is 5.82 Å². The van der Waals surface area contributed by atoms with E-state index in [9.17, 15) is 14.3 Å². The van der Waals surface area contributed by atoms with Crippen molar-refractivity contribution in [3.63, 3.8) is 0 Å². The summed E-state index contributed by atoms with van der Waals surface area (Å²) in [4.78, 5) is 12.0. The second kappa shape index (κ2) is 5.64. The van der Waals surface area contributed by atoms with E-state index in [1.165, 1.54) is 12.1 Å². The van der Waals surface area contributed by atoms with E-state index in [1.807, 2.05) is 0 Å². The Bertz CT molecular complexity index is 510. The first-order chi connectivity index (χ1) is 10.1. The Hall–Kier alpha value is -1.62. The van der Waals surface area contributed by atoms with Gasteiger partial charge < -0.3 is 15.7 Å². The molecule has 1 aromatic rings. The molecule has 4 nitrogen and oxygen atoms in total. The Morgan fingerprint density at radius 2 is 2.00 bits per heavy atom. The molecule has 0 unspecified atom stereocenters. The zero-order valence-corrected chi connectivity index (χ0v) is 11.9. The average molecular weight is 292 g/mol. The largest absolute Gasteiger partial charge is 0.396 e. The molecule has 2 aliphatic carbocycles. The molecule has 0 bridgehead atoms. The van der Waals surface area contributed by atoms with Crippen molar-refractivity contribution >= 4 is 6.03 Å². The van der Waals surface area contributed by atoms with Gasteiger partial charge in [-0.25, -0.2) is 9.18 Å². The number of urea groups is 1. The average Bonchev–Trinajstić information content (AvgIpc) is 3.39. The van der Waals surface area contributed by atoms with E-state index in [1.54, 1.807) is 12.1 Å². The molecule has 0 radical (unpaired) electrons. The summed E-state index contributed by atoms with van der Waals surface area (Å²) in [5, 5.41) is 15.1. The van der Waals surface area contributed by atoms with E-state index in [0.29, 0.717) is 12.5 Å². The van der Waals surface area contributed by atoms with Gasteiger partial charge in [-0.15, -0.1) is 0 Å². The third-order valence-corrected chi connectivity index (χ3v) is 4.53. The molecule has 114 valence electrons. The molecule has 2 fully saturated rings. The van der Waals surface area contributed by atoms with Gasteiger partial charge in [-0.05, 0) is 49.3 Å². The number of nitrogens with one attached hydrogen (secondary N) is 2. The van der Waals surface area contributed by atoms with Crippen LogP contribution in [0.3, 0.4) is 0 Å². The molecule has 21 heavy (non-hydrogen) atoms. The maximum Gasteiger partial charge on any atom is 0.315 e. The lowest BCUT2D eigenvalue weighted by Crippen LogP contribution is -2.41. The lowest BCUT2D eigenvalue weighted by atomic mass is 10.0. The monoisotopic (exact) mass is 292 g/mol. The van der Waals surface area contributed by atoms with Crippen molar-refractivity contribution < 1.29 is 14.3 Å². The number of halogens is 1. The minimum Gasteiger partial charge on any atom is -0.396 e. The van der Waals surface area contributed by atoms with Crippen LogP contribution in [0.4, 0.5) is 9.18 Å². The topological polar surface area (TPSA) is 61.4 Å². The van der Waals surface area contributed by atoms with Crippen LogP contribution in [-0.4, -0.2) is 24.3 Å². The van der Waals surface area contributed by atoms with E-state index in [-0.39, 0.29) is 29.9 Å². The molecule has 2 saturated carbocycles. The molecule has 3 rings (SSSR count). The zero-order chi connectivity index (χ0) is 14.9. The first-order valence-electron chi connectivity index (χ1n) is 7.53. The molecular formula is C16H21FN2O2. The SMILES string of the molecule is O=C(NCC1(CO)CC1)N[C@@H](c1ccc(F)cc1)C1CC1. The van der Waals surface area contributed by atoms with Crippen molar-refractivity contribution in [1.82, 2.24) is 10.6 Å². The van der Waals surface area contributed by atoms with Gasteiger partial charge in [0, 0.05) is 12.0 Å². The van der Waals surface area contributed by atoms with Gasteiger partial charge in [0.2, 0.25) is 0 Å². The standard InChI is InChI=1S/C16H21FN2O2/c17-13-5-3-12(4-6-13)14(11-1-2-11)19-15(21)18-9-16(10-20)7-8-16/h3-6,11,14,20H,1-2,7-10H2,(H2,18,19,21)/t14-/m1/s1. The van der Waals surface area contributed by atoms with Crippen molar-refractivity contribution in [1.29, 1.82) is 0 Å². The van der Waals surface area contributed by atoms with Crippen molar-refractivity contribution in [2.24, 2.45) is 11.3 Å². The normalized spacial score (nSPS) is 20.7. The van der Waals surface area contributed by atoms with Crippen molar-refractivity contribution in [2.45, 2.75) is 31.7 Å². The van der Waals surface area contributed by atoms with Crippen LogP contribution in [-0.2, 0) is 0 Å². The Balaban J connectivity index is 1.57. The van der Waals surface area contributed by atoms with Crippen LogP contribution in [0.15, 0.2) is 24.3 Å². The van der Waals surface area contributed by atoms with Crippen LogP contribution >= 0.6 is 0 Å². The highest BCUT2D eigenvalue weighted by Gasteiger charge is 2.42. The van der Waals surface area contributed by atoms with E-state index in [0.717, 1.165) is 31.2 Å². The van der Waals surface area contributed by atoms with Crippen LogP contribution in [0.2, 0.25) is 0 Å². The lowest BCUT2D eigenvalue weighted by Gasteiger charge is -2.20. The smallest absolute Gasteiger partial charge is 0.315 e. The summed E-state index contributed by atoms with van der Waals surface area (Å²) in [5.74, 6) is 0.172. The maximum absolute atomic E-state index is 13.0. The van der Waals surface area contributed by atoms with Gasteiger partial charge in [0.05, 0.1) is 12.6 Å². The van der Waals surface area contributed by atoms with E-state index < -0.39 is 0 Å². The number of hydrogen-bond donors (Lipinski definition) is 3. The Morgan fingerprint density at radius 3 is 2.52 bits per heavy atom. The van der Waals surface area contributed by atoms with E-state index >= 15 is 0 Å². The molecule has 1 aromatic carbocycles. The van der Waals surface area contributed by atoms with Crippen LogP contribution < -0.4 is 10.6 Å². The molecule has 2 amide bonds. The third kappa shape index (κ3) is 3.53. The lowest BCUT2D eigenvalue weighted by molar-refractivity contribution is 0.201. The number of hydrogen-bond acceptors (Lipinski definition) is 2. The van der Waals surface area contributed by atoms with Crippen molar-refractivity contribution in [3.8, 4) is 0 Å². The van der Waals surface area contributed by atoms with Gasteiger partial charge in [-0.1, -0.05) is 12.1 Å². The second-order valence-corrected chi connectivity index (χ2v) is 6.35. The van der Waals surface area contributed by atoms with E-state index in [2.05, 4.69) is 10.6 Å². The minimum absolute atomic E-state index is 0.0603. The van der Waals surface area contributed by atoms with Crippen LogP contribution in [0, 0.1) is 17.2 Å². The van der Waals surface area contributed by atoms with E-state index in [4.69, 9.17) is 0 Å². The number of aliphatic hydroxyl groups excluding tert-OH is 1. The summed E-state index contributed by atoms with van der Waals surface area (Å²) in [6, 6.07) is 6.04. The molecule has 0 heterocycles. The highest BCUT2D eigenvalue weighted by Crippen LogP contribution is 2.44. The number of benzene rings is 1. The summed E-state index contributed by atoms with van der Waals surface area (Å²) in [6.07, 6.45) is 4.10. The first kappa shape index (κ1) is 14.3. The molecule has 3 N–H and O–H groups in total. The van der Waals surface area contributed by atoms with Crippen molar-refractivity contribution in [2.75, 3.05) is 13.2 Å². The fraction of sp³-hybridized carbons (Fsp3) is 0.562. The Kier molecular flexibility index (Phi) is 3.85. The predicted molar refractivity (Wildman–Crippen MR) is 77.2 cm³/mol. The van der Waals surface area contributed by atoms with Gasteiger partial charge in [0.15, 0.2) is 0 Å². The van der Waals surface area contributed by atoms with Crippen LogP contribution in [0.25, 0.3) is 0 Å². The number of carbonyl (C=O) groups excluding carboxylic acids is 1. The number of aliphatic hydroxyl groups is 1. The molecule has 0 aromatic heterocycles. The summed E-state index contributed by atoms with van der Waals surface area (Å²) < 4.78 is 13.0. The molecule has 0 spiro atoms. The first-order valence-corrected chi connectivity index (χ1v) is 7.53. The molecular weight excluding hydrogens is 271 g/mol. The molecule has 2 aliphatic rings. The Morgan fingerprint density at radius 1 is 1.33 bits per heavy atom. The van der Waals surface area contributed by atoms with Crippen molar-refractivity contribution in [3.05, 3.63) is 35.6 Å². The van der Waals surface area contributed by atoms with Gasteiger partial charge in [-0.2, -0.15) is 0 Å². The number of rotatable bonds is 6. The molecule has 0 saturated heterocycles. The molecule has 1 atom stereocenters. The minimum atomic E-state index is -0.267. The van der Waals surface area contributed by atoms with Gasteiger partial charge in [-0.3, -0.25) is 0 Å².